The number of halogens is 1. The number of sulfone groups is 1. The summed E-state index contributed by atoms with van der Waals surface area (Å²) in [4.78, 5) is 0.213. The van der Waals surface area contributed by atoms with E-state index in [0.717, 1.165) is 0 Å². The van der Waals surface area contributed by atoms with Crippen LogP contribution in [0, 0.1) is 0 Å². The first-order chi connectivity index (χ1) is 10.5. The third-order valence-corrected chi connectivity index (χ3v) is 5.97. The summed E-state index contributed by atoms with van der Waals surface area (Å²) < 4.78 is 25.9. The van der Waals surface area contributed by atoms with E-state index in [0.29, 0.717) is 23.4 Å². The number of benzene rings is 2. The van der Waals surface area contributed by atoms with Gasteiger partial charge in [0, 0.05) is 5.02 Å². The van der Waals surface area contributed by atoms with Crippen molar-refractivity contribution in [2.45, 2.75) is 36.0 Å². The Hall–Kier alpha value is -1.36. The lowest BCUT2D eigenvalue weighted by molar-refractivity contribution is 0.157. The molecule has 2 rings (SSSR count). The molecule has 0 radical (unpaired) electrons. The van der Waals surface area contributed by atoms with E-state index in [4.69, 9.17) is 11.6 Å². The fourth-order valence-electron chi connectivity index (χ4n) is 2.46. The third-order valence-electron chi connectivity index (χ3n) is 3.54. The Morgan fingerprint density at radius 1 is 1.05 bits per heavy atom. The number of rotatable bonds is 6. The van der Waals surface area contributed by atoms with Crippen LogP contribution in [0.25, 0.3) is 0 Å². The Kier molecular flexibility index (Phi) is 5.62. The molecule has 2 unspecified atom stereocenters. The summed E-state index contributed by atoms with van der Waals surface area (Å²) in [7, 11) is -3.68. The number of aliphatic hydroxyl groups excluding tert-OH is 1. The van der Waals surface area contributed by atoms with Crippen LogP contribution in [0.4, 0.5) is 0 Å². The summed E-state index contributed by atoms with van der Waals surface area (Å²) in [5.74, 6) is 0. The second kappa shape index (κ2) is 7.27. The number of hydrogen-bond acceptors (Lipinski definition) is 3. The van der Waals surface area contributed by atoms with Crippen LogP contribution in [0.2, 0.25) is 5.02 Å². The number of hydrogen-bond donors (Lipinski definition) is 1. The summed E-state index contributed by atoms with van der Waals surface area (Å²) in [5.41, 5.74) is 0.550. The molecule has 22 heavy (non-hydrogen) atoms. The zero-order chi connectivity index (χ0) is 16.2. The highest BCUT2D eigenvalue weighted by Crippen LogP contribution is 2.34. The minimum Gasteiger partial charge on any atom is -0.391 e. The zero-order valence-corrected chi connectivity index (χ0v) is 13.9. The molecule has 118 valence electrons. The summed E-state index contributed by atoms with van der Waals surface area (Å²) in [6, 6.07) is 14.8. The molecule has 0 bridgehead atoms. The topological polar surface area (TPSA) is 54.4 Å². The maximum absolute atomic E-state index is 12.9. The molecule has 2 aromatic carbocycles. The zero-order valence-electron chi connectivity index (χ0n) is 12.3. The lowest BCUT2D eigenvalue weighted by Crippen LogP contribution is -2.26. The molecule has 0 aromatic heterocycles. The van der Waals surface area contributed by atoms with Crippen LogP contribution < -0.4 is 0 Å². The molecule has 2 aromatic rings. The monoisotopic (exact) mass is 338 g/mol. The van der Waals surface area contributed by atoms with Crippen molar-refractivity contribution < 1.29 is 13.5 Å². The second-order valence-electron chi connectivity index (χ2n) is 5.19. The van der Waals surface area contributed by atoms with Gasteiger partial charge in [0.1, 0.15) is 5.25 Å². The molecule has 0 aliphatic carbocycles. The van der Waals surface area contributed by atoms with E-state index in [1.54, 1.807) is 54.6 Å². The molecule has 0 aliphatic heterocycles. The van der Waals surface area contributed by atoms with Gasteiger partial charge in [-0.1, -0.05) is 55.3 Å². The van der Waals surface area contributed by atoms with Crippen LogP contribution in [0.1, 0.15) is 30.6 Å². The van der Waals surface area contributed by atoms with Gasteiger partial charge in [-0.05, 0) is 36.2 Å². The van der Waals surface area contributed by atoms with Crippen LogP contribution in [0.15, 0.2) is 59.5 Å². The molecule has 1 N–H and O–H groups in total. The molecule has 0 spiro atoms. The molecule has 5 heteroatoms. The minimum atomic E-state index is -3.68. The lowest BCUT2D eigenvalue weighted by Gasteiger charge is -2.23. The highest BCUT2D eigenvalue weighted by Gasteiger charge is 2.34. The predicted molar refractivity (Wildman–Crippen MR) is 88.7 cm³/mol. The van der Waals surface area contributed by atoms with Gasteiger partial charge in [0.05, 0.1) is 11.0 Å². The van der Waals surface area contributed by atoms with E-state index in [9.17, 15) is 13.5 Å². The molecular weight excluding hydrogens is 320 g/mol. The number of aliphatic hydroxyl groups is 1. The van der Waals surface area contributed by atoms with Crippen molar-refractivity contribution in [3.8, 4) is 0 Å². The molecule has 0 amide bonds. The van der Waals surface area contributed by atoms with Gasteiger partial charge >= 0.3 is 0 Å². The van der Waals surface area contributed by atoms with Crippen molar-refractivity contribution in [1.82, 2.24) is 0 Å². The molecular formula is C17H19ClO3S. The lowest BCUT2D eigenvalue weighted by atomic mass is 10.0. The van der Waals surface area contributed by atoms with E-state index < -0.39 is 21.2 Å². The van der Waals surface area contributed by atoms with Crippen molar-refractivity contribution in [2.24, 2.45) is 0 Å². The van der Waals surface area contributed by atoms with Gasteiger partial charge < -0.3 is 5.11 Å². The van der Waals surface area contributed by atoms with Gasteiger partial charge in [0.25, 0.3) is 0 Å². The Bertz CT molecular complexity index is 696. The van der Waals surface area contributed by atoms with E-state index in [1.165, 1.54) is 0 Å². The predicted octanol–water partition coefficient (Wildman–Crippen LogP) is 4.02. The summed E-state index contributed by atoms with van der Waals surface area (Å²) in [6.07, 6.45) is 0.158. The van der Waals surface area contributed by atoms with Crippen LogP contribution in [0.5, 0.6) is 0 Å². The normalized spacial score (nSPS) is 14.5. The average Bonchev–Trinajstić information content (AvgIpc) is 2.50. The van der Waals surface area contributed by atoms with Gasteiger partial charge in [-0.25, -0.2) is 8.42 Å². The van der Waals surface area contributed by atoms with E-state index in [1.807, 2.05) is 6.92 Å². The van der Waals surface area contributed by atoms with E-state index >= 15 is 0 Å². The Balaban J connectivity index is 2.51. The minimum absolute atomic E-state index is 0.213. The van der Waals surface area contributed by atoms with Crippen molar-refractivity contribution >= 4 is 21.4 Å². The largest absolute Gasteiger partial charge is 0.391 e. The molecule has 0 fully saturated rings. The molecule has 3 nitrogen and oxygen atoms in total. The smallest absolute Gasteiger partial charge is 0.187 e. The highest BCUT2D eigenvalue weighted by molar-refractivity contribution is 7.91. The Morgan fingerprint density at radius 2 is 1.64 bits per heavy atom. The maximum Gasteiger partial charge on any atom is 0.187 e. The van der Waals surface area contributed by atoms with Crippen LogP contribution in [-0.2, 0) is 9.84 Å². The van der Waals surface area contributed by atoms with Crippen molar-refractivity contribution in [2.75, 3.05) is 0 Å². The molecule has 0 heterocycles. The third kappa shape index (κ3) is 3.69. The molecule has 2 atom stereocenters. The van der Waals surface area contributed by atoms with Gasteiger partial charge in [0.2, 0.25) is 0 Å². The Morgan fingerprint density at radius 3 is 2.18 bits per heavy atom. The molecule has 0 saturated carbocycles. The van der Waals surface area contributed by atoms with Gasteiger partial charge in [0.15, 0.2) is 9.84 Å². The first-order valence-electron chi connectivity index (χ1n) is 7.19. The fraction of sp³-hybridized carbons (Fsp3) is 0.294. The van der Waals surface area contributed by atoms with E-state index in [-0.39, 0.29) is 4.90 Å². The SMILES string of the molecule is CCCC(O)C(c1ccc(Cl)cc1)S(=O)(=O)c1ccccc1. The van der Waals surface area contributed by atoms with Crippen molar-refractivity contribution in [1.29, 1.82) is 0 Å². The van der Waals surface area contributed by atoms with Gasteiger partial charge in [-0.3, -0.25) is 0 Å². The van der Waals surface area contributed by atoms with Gasteiger partial charge in [-0.2, -0.15) is 0 Å². The maximum atomic E-state index is 12.9. The van der Waals surface area contributed by atoms with Gasteiger partial charge in [-0.15, -0.1) is 0 Å². The first kappa shape index (κ1) is 17.0. The van der Waals surface area contributed by atoms with Crippen LogP contribution >= 0.6 is 11.6 Å². The quantitative estimate of drug-likeness (QED) is 0.865. The highest BCUT2D eigenvalue weighted by atomic mass is 35.5. The van der Waals surface area contributed by atoms with Crippen molar-refractivity contribution in [3.05, 3.63) is 65.2 Å². The summed E-state index contributed by atoms with van der Waals surface area (Å²) >= 11 is 5.88. The average molecular weight is 339 g/mol. The van der Waals surface area contributed by atoms with Crippen LogP contribution in [-0.4, -0.2) is 19.6 Å². The fourth-order valence-corrected chi connectivity index (χ4v) is 4.49. The second-order valence-corrected chi connectivity index (χ2v) is 7.69. The summed E-state index contributed by atoms with van der Waals surface area (Å²) in [5, 5.41) is 9.96. The molecule has 0 saturated heterocycles. The standard InChI is InChI=1S/C17H19ClO3S/c1-2-6-16(19)17(13-9-11-14(18)12-10-13)22(20,21)15-7-4-3-5-8-15/h3-5,7-12,16-17,19H,2,6H2,1H3. The molecule has 0 aliphatic rings. The van der Waals surface area contributed by atoms with Crippen LogP contribution in [0.3, 0.4) is 0 Å². The Labute approximate surface area is 136 Å². The summed E-state index contributed by atoms with van der Waals surface area (Å²) in [6.45, 7) is 1.91. The first-order valence-corrected chi connectivity index (χ1v) is 9.11. The van der Waals surface area contributed by atoms with E-state index in [2.05, 4.69) is 0 Å². The van der Waals surface area contributed by atoms with Crippen molar-refractivity contribution in [3.63, 3.8) is 0 Å².